The Bertz CT molecular complexity index is 348. The van der Waals surface area contributed by atoms with Crippen LogP contribution in [0.15, 0.2) is 42.9 Å². The van der Waals surface area contributed by atoms with Crippen molar-refractivity contribution >= 4 is 0 Å². The van der Waals surface area contributed by atoms with E-state index in [0.29, 0.717) is 6.54 Å². The molecule has 0 fully saturated rings. The summed E-state index contributed by atoms with van der Waals surface area (Å²) in [4.78, 5) is 12.4. The fourth-order valence-corrected chi connectivity index (χ4v) is 1.23. The second kappa shape index (κ2) is 5.17. The number of pyridine rings is 1. The van der Waals surface area contributed by atoms with Crippen molar-refractivity contribution in [3.8, 4) is 0 Å². The maximum Gasteiger partial charge on any atom is 0.141 e. The van der Waals surface area contributed by atoms with E-state index in [9.17, 15) is 0 Å². The van der Waals surface area contributed by atoms with Crippen molar-refractivity contribution < 1.29 is 0 Å². The third-order valence-electron chi connectivity index (χ3n) is 1.93. The fourth-order valence-electron chi connectivity index (χ4n) is 1.23. The second-order valence-corrected chi connectivity index (χ2v) is 3.09. The molecule has 1 N–H and O–H groups in total. The highest BCUT2D eigenvalue weighted by atomic mass is 15.0. The average molecular weight is 200 g/mol. The van der Waals surface area contributed by atoms with E-state index in [0.717, 1.165) is 18.1 Å². The van der Waals surface area contributed by atoms with Crippen molar-refractivity contribution in [3.63, 3.8) is 0 Å². The molecule has 0 unspecified atom stereocenters. The lowest BCUT2D eigenvalue weighted by molar-refractivity contribution is 0.651. The molecular formula is C11H12N4. The summed E-state index contributed by atoms with van der Waals surface area (Å²) >= 11 is 0. The Morgan fingerprint density at radius 1 is 0.867 bits per heavy atom. The van der Waals surface area contributed by atoms with Crippen LogP contribution in [0.25, 0.3) is 0 Å². The first-order chi connectivity index (χ1) is 7.45. The normalized spacial score (nSPS) is 10.1. The van der Waals surface area contributed by atoms with E-state index >= 15 is 0 Å². The molecule has 0 aliphatic heterocycles. The van der Waals surface area contributed by atoms with E-state index in [1.807, 2.05) is 24.3 Å². The molecule has 2 aromatic heterocycles. The Kier molecular flexibility index (Phi) is 3.35. The van der Waals surface area contributed by atoms with Crippen molar-refractivity contribution in [1.29, 1.82) is 0 Å². The molecule has 2 aromatic rings. The van der Waals surface area contributed by atoms with E-state index in [4.69, 9.17) is 0 Å². The van der Waals surface area contributed by atoms with Gasteiger partial charge >= 0.3 is 0 Å². The van der Waals surface area contributed by atoms with E-state index in [2.05, 4.69) is 20.3 Å². The van der Waals surface area contributed by atoms with Gasteiger partial charge in [0.1, 0.15) is 5.82 Å². The average Bonchev–Trinajstić information content (AvgIpc) is 2.32. The van der Waals surface area contributed by atoms with Gasteiger partial charge in [-0.05, 0) is 18.2 Å². The summed E-state index contributed by atoms with van der Waals surface area (Å²) in [6.45, 7) is 1.40. The number of rotatable bonds is 4. The largest absolute Gasteiger partial charge is 0.304 e. The maximum atomic E-state index is 4.21. The minimum Gasteiger partial charge on any atom is -0.304 e. The van der Waals surface area contributed by atoms with E-state index in [-0.39, 0.29) is 0 Å². The standard InChI is InChI=1S/C11H12N4/c1-2-5-13-10(4-1)8-12-9-11-14-6-3-7-15-11/h1-7,12H,8-9H2. The molecule has 2 rings (SSSR count). The summed E-state index contributed by atoms with van der Waals surface area (Å²) in [5.74, 6) is 0.799. The number of nitrogens with one attached hydrogen (secondary N) is 1. The van der Waals surface area contributed by atoms with Crippen LogP contribution in [0.1, 0.15) is 11.5 Å². The van der Waals surface area contributed by atoms with Gasteiger partial charge in [0.15, 0.2) is 0 Å². The van der Waals surface area contributed by atoms with Crippen LogP contribution in [0.5, 0.6) is 0 Å². The Morgan fingerprint density at radius 3 is 2.40 bits per heavy atom. The molecule has 0 saturated carbocycles. The quantitative estimate of drug-likeness (QED) is 0.804. The van der Waals surface area contributed by atoms with Crippen LogP contribution < -0.4 is 5.32 Å². The smallest absolute Gasteiger partial charge is 0.141 e. The molecule has 0 aromatic carbocycles. The molecule has 0 saturated heterocycles. The highest BCUT2D eigenvalue weighted by Crippen LogP contribution is 1.93. The molecule has 0 spiro atoms. The monoisotopic (exact) mass is 200 g/mol. The summed E-state index contributed by atoms with van der Waals surface area (Å²) in [5.41, 5.74) is 1.02. The molecule has 0 radical (unpaired) electrons. The number of hydrogen-bond acceptors (Lipinski definition) is 4. The van der Waals surface area contributed by atoms with Crippen LogP contribution in [0.3, 0.4) is 0 Å². The van der Waals surface area contributed by atoms with E-state index in [1.165, 1.54) is 0 Å². The molecule has 0 bridgehead atoms. The summed E-state index contributed by atoms with van der Waals surface area (Å²) in [6, 6.07) is 7.67. The van der Waals surface area contributed by atoms with Crippen molar-refractivity contribution in [1.82, 2.24) is 20.3 Å². The molecule has 0 amide bonds. The topological polar surface area (TPSA) is 50.7 Å². The maximum absolute atomic E-state index is 4.21. The van der Waals surface area contributed by atoms with Crippen LogP contribution in [0.4, 0.5) is 0 Å². The summed E-state index contributed by atoms with van der Waals surface area (Å²) < 4.78 is 0. The minimum atomic E-state index is 0.664. The molecule has 0 aliphatic carbocycles. The van der Waals surface area contributed by atoms with E-state index < -0.39 is 0 Å². The first kappa shape index (κ1) is 9.73. The van der Waals surface area contributed by atoms with Crippen molar-refractivity contribution in [2.24, 2.45) is 0 Å². The van der Waals surface area contributed by atoms with Gasteiger partial charge in [0, 0.05) is 25.1 Å². The van der Waals surface area contributed by atoms with Crippen molar-refractivity contribution in [3.05, 3.63) is 54.4 Å². The Hall–Kier alpha value is -1.81. The molecule has 15 heavy (non-hydrogen) atoms. The predicted octanol–water partition coefficient (Wildman–Crippen LogP) is 1.16. The second-order valence-electron chi connectivity index (χ2n) is 3.09. The minimum absolute atomic E-state index is 0.664. The number of aromatic nitrogens is 3. The van der Waals surface area contributed by atoms with Gasteiger partial charge in [-0.25, -0.2) is 9.97 Å². The zero-order chi connectivity index (χ0) is 10.3. The summed E-state index contributed by atoms with van der Waals surface area (Å²) in [7, 11) is 0. The van der Waals surface area contributed by atoms with Gasteiger partial charge in [-0.15, -0.1) is 0 Å². The first-order valence-corrected chi connectivity index (χ1v) is 4.81. The SMILES string of the molecule is c1ccc(CNCc2ncccn2)nc1. The molecule has 4 nitrogen and oxygen atoms in total. The Balaban J connectivity index is 1.81. The third-order valence-corrected chi connectivity index (χ3v) is 1.93. The van der Waals surface area contributed by atoms with Gasteiger partial charge < -0.3 is 5.32 Å². The van der Waals surface area contributed by atoms with Crippen molar-refractivity contribution in [2.75, 3.05) is 0 Å². The molecule has 0 aliphatic rings. The van der Waals surface area contributed by atoms with Crippen LogP contribution in [0, 0.1) is 0 Å². The van der Waals surface area contributed by atoms with E-state index in [1.54, 1.807) is 18.6 Å². The fraction of sp³-hybridized carbons (Fsp3) is 0.182. The van der Waals surface area contributed by atoms with Crippen LogP contribution in [-0.4, -0.2) is 15.0 Å². The van der Waals surface area contributed by atoms with Crippen LogP contribution >= 0.6 is 0 Å². The van der Waals surface area contributed by atoms with Crippen molar-refractivity contribution in [2.45, 2.75) is 13.1 Å². The summed E-state index contributed by atoms with van der Waals surface area (Å²) in [6.07, 6.45) is 5.27. The molecular weight excluding hydrogens is 188 g/mol. The third kappa shape index (κ3) is 3.11. The number of nitrogens with zero attached hydrogens (tertiary/aromatic N) is 3. The predicted molar refractivity (Wildman–Crippen MR) is 56.8 cm³/mol. The lowest BCUT2D eigenvalue weighted by atomic mass is 10.3. The van der Waals surface area contributed by atoms with Crippen LogP contribution in [-0.2, 0) is 13.1 Å². The lowest BCUT2D eigenvalue weighted by Gasteiger charge is -2.02. The Labute approximate surface area is 88.4 Å². The molecule has 76 valence electrons. The summed E-state index contributed by atoms with van der Waals surface area (Å²) in [5, 5.41) is 3.23. The Morgan fingerprint density at radius 2 is 1.67 bits per heavy atom. The molecule has 0 atom stereocenters. The highest BCUT2D eigenvalue weighted by Gasteiger charge is 1.95. The van der Waals surface area contributed by atoms with Gasteiger partial charge in [-0.1, -0.05) is 6.07 Å². The lowest BCUT2D eigenvalue weighted by Crippen LogP contribution is -2.15. The van der Waals surface area contributed by atoms with Gasteiger partial charge in [-0.3, -0.25) is 4.98 Å². The molecule has 4 heteroatoms. The first-order valence-electron chi connectivity index (χ1n) is 4.81. The zero-order valence-electron chi connectivity index (χ0n) is 8.30. The molecule has 2 heterocycles. The van der Waals surface area contributed by atoms with Gasteiger partial charge in [0.05, 0.1) is 12.2 Å². The van der Waals surface area contributed by atoms with Gasteiger partial charge in [0.2, 0.25) is 0 Å². The zero-order valence-corrected chi connectivity index (χ0v) is 8.30. The van der Waals surface area contributed by atoms with Gasteiger partial charge in [-0.2, -0.15) is 0 Å². The van der Waals surface area contributed by atoms with Gasteiger partial charge in [0.25, 0.3) is 0 Å². The number of hydrogen-bond donors (Lipinski definition) is 1. The highest BCUT2D eigenvalue weighted by molar-refractivity contribution is 5.03. The van der Waals surface area contributed by atoms with Crippen LogP contribution in [0.2, 0.25) is 0 Å².